The number of ether oxygens (including phenoxy) is 2. The van der Waals surface area contributed by atoms with E-state index in [-0.39, 0.29) is 0 Å². The number of hydrogen-bond acceptors (Lipinski definition) is 4. The molecular weight excluding hydrogens is 422 g/mol. The summed E-state index contributed by atoms with van der Waals surface area (Å²) >= 11 is 9.54. The second-order valence-corrected chi connectivity index (χ2v) is 6.36. The molecule has 2 aromatic carbocycles. The number of nitriles is 1. The first kappa shape index (κ1) is 19.8. The highest BCUT2D eigenvalue weighted by Gasteiger charge is 2.14. The molecule has 7 heteroatoms. The fourth-order valence-electron chi connectivity index (χ4n) is 2.22. The Morgan fingerprint density at radius 1 is 1.35 bits per heavy atom. The van der Waals surface area contributed by atoms with E-state index in [9.17, 15) is 10.1 Å². The zero-order chi connectivity index (χ0) is 19.1. The van der Waals surface area contributed by atoms with E-state index in [0.29, 0.717) is 44.3 Å². The van der Waals surface area contributed by atoms with Gasteiger partial charge in [0.15, 0.2) is 18.1 Å². The summed E-state index contributed by atoms with van der Waals surface area (Å²) in [6.07, 6.45) is 1.68. The number of carboxylic acid groups (broad SMARTS) is 1. The molecule has 134 valence electrons. The van der Waals surface area contributed by atoms with E-state index in [0.717, 1.165) is 0 Å². The average molecular weight is 437 g/mol. The summed E-state index contributed by atoms with van der Waals surface area (Å²) in [5.74, 6) is -0.415. The highest BCUT2D eigenvalue weighted by atomic mass is 79.9. The van der Waals surface area contributed by atoms with Crippen molar-refractivity contribution in [1.29, 1.82) is 5.26 Å². The van der Waals surface area contributed by atoms with E-state index in [4.69, 9.17) is 26.2 Å². The Bertz CT molecular complexity index is 890. The van der Waals surface area contributed by atoms with E-state index in [1.165, 1.54) is 0 Å². The maximum Gasteiger partial charge on any atom is 0.341 e. The molecule has 0 aliphatic heterocycles. The molecule has 0 heterocycles. The lowest BCUT2D eigenvalue weighted by Crippen LogP contribution is -2.10. The SMILES string of the molecule is CCOc1cc(C=C(C#N)c2ccccc2Cl)cc(Br)c1OCC(=O)O. The van der Waals surface area contributed by atoms with Crippen LogP contribution < -0.4 is 9.47 Å². The molecular formula is C19H15BrClNO4. The van der Waals surface area contributed by atoms with Gasteiger partial charge in [-0.15, -0.1) is 0 Å². The topological polar surface area (TPSA) is 79.5 Å². The number of carboxylic acids is 1. The van der Waals surface area contributed by atoms with Crippen molar-refractivity contribution in [3.8, 4) is 17.6 Å². The fourth-order valence-corrected chi connectivity index (χ4v) is 3.04. The Morgan fingerprint density at radius 3 is 2.69 bits per heavy atom. The van der Waals surface area contributed by atoms with Crippen molar-refractivity contribution in [3.63, 3.8) is 0 Å². The lowest BCUT2D eigenvalue weighted by atomic mass is 10.0. The molecule has 0 fully saturated rings. The number of allylic oxidation sites excluding steroid dienone is 1. The molecule has 1 N–H and O–H groups in total. The zero-order valence-electron chi connectivity index (χ0n) is 13.8. The molecule has 26 heavy (non-hydrogen) atoms. The molecule has 5 nitrogen and oxygen atoms in total. The highest BCUT2D eigenvalue weighted by molar-refractivity contribution is 9.10. The normalized spacial score (nSPS) is 10.9. The van der Waals surface area contributed by atoms with Gasteiger partial charge in [-0.2, -0.15) is 5.26 Å². The van der Waals surface area contributed by atoms with Crippen molar-refractivity contribution in [1.82, 2.24) is 0 Å². The summed E-state index contributed by atoms with van der Waals surface area (Å²) in [5, 5.41) is 18.8. The Labute approximate surface area is 164 Å². The zero-order valence-corrected chi connectivity index (χ0v) is 16.2. The van der Waals surface area contributed by atoms with E-state index in [1.54, 1.807) is 42.5 Å². The van der Waals surface area contributed by atoms with Crippen LogP contribution in [0.2, 0.25) is 5.02 Å². The van der Waals surface area contributed by atoms with Gasteiger partial charge in [0.25, 0.3) is 0 Å². The van der Waals surface area contributed by atoms with Gasteiger partial charge in [-0.05, 0) is 52.7 Å². The number of hydrogen-bond donors (Lipinski definition) is 1. The van der Waals surface area contributed by atoms with E-state index in [1.807, 2.05) is 6.92 Å². The average Bonchev–Trinajstić information content (AvgIpc) is 2.59. The van der Waals surface area contributed by atoms with Crippen LogP contribution in [0.4, 0.5) is 0 Å². The quantitative estimate of drug-likeness (QED) is 0.486. The Hall–Kier alpha value is -2.49. The van der Waals surface area contributed by atoms with Crippen molar-refractivity contribution >= 4 is 45.1 Å². The minimum atomic E-state index is -1.09. The summed E-state index contributed by atoms with van der Waals surface area (Å²) in [7, 11) is 0. The third kappa shape index (κ3) is 5.01. The predicted molar refractivity (Wildman–Crippen MR) is 103 cm³/mol. The molecule has 0 saturated heterocycles. The predicted octanol–water partition coefficient (Wildman–Crippen LogP) is 5.03. The summed E-state index contributed by atoms with van der Waals surface area (Å²) in [6.45, 7) is 1.69. The van der Waals surface area contributed by atoms with E-state index >= 15 is 0 Å². The maximum absolute atomic E-state index is 10.8. The second kappa shape index (κ2) is 9.27. The molecule has 0 aliphatic carbocycles. The highest BCUT2D eigenvalue weighted by Crippen LogP contribution is 2.38. The van der Waals surface area contributed by atoms with Gasteiger partial charge in [0.05, 0.1) is 22.7 Å². The van der Waals surface area contributed by atoms with Gasteiger partial charge in [-0.1, -0.05) is 29.8 Å². The molecule has 0 unspecified atom stereocenters. The molecule has 0 atom stereocenters. The summed E-state index contributed by atoms with van der Waals surface area (Å²) in [5.41, 5.74) is 1.69. The van der Waals surface area contributed by atoms with Gasteiger partial charge in [-0.25, -0.2) is 4.79 Å². The van der Waals surface area contributed by atoms with Crippen molar-refractivity contribution in [3.05, 3.63) is 57.0 Å². The largest absolute Gasteiger partial charge is 0.490 e. The minimum absolute atomic E-state index is 0.294. The summed E-state index contributed by atoms with van der Waals surface area (Å²) < 4.78 is 11.4. The number of rotatable bonds is 7. The number of nitrogens with zero attached hydrogens (tertiary/aromatic N) is 1. The van der Waals surface area contributed by atoms with E-state index in [2.05, 4.69) is 22.0 Å². The lowest BCUT2D eigenvalue weighted by Gasteiger charge is -2.14. The molecule has 0 spiro atoms. The Balaban J connectivity index is 2.48. The van der Waals surface area contributed by atoms with E-state index < -0.39 is 12.6 Å². The molecule has 0 amide bonds. The van der Waals surface area contributed by atoms with Crippen LogP contribution in [0.5, 0.6) is 11.5 Å². The molecule has 2 rings (SSSR count). The van der Waals surface area contributed by atoms with Gasteiger partial charge in [0.2, 0.25) is 0 Å². The standard InChI is InChI=1S/C19H15BrClNO4/c1-2-25-17-9-12(8-15(20)19(17)26-11-18(23)24)7-13(10-22)14-5-3-4-6-16(14)21/h3-9H,2,11H2,1H3,(H,23,24). The smallest absolute Gasteiger partial charge is 0.341 e. The summed E-state index contributed by atoms with van der Waals surface area (Å²) in [6, 6.07) is 12.6. The molecule has 2 aromatic rings. The van der Waals surface area contributed by atoms with Crippen molar-refractivity contribution in [2.75, 3.05) is 13.2 Å². The third-order valence-electron chi connectivity index (χ3n) is 3.27. The van der Waals surface area contributed by atoms with Crippen LogP contribution in [0.15, 0.2) is 40.9 Å². The van der Waals surface area contributed by atoms with Gasteiger partial charge in [-0.3, -0.25) is 0 Å². The van der Waals surface area contributed by atoms with Gasteiger partial charge < -0.3 is 14.6 Å². The Morgan fingerprint density at radius 2 is 2.08 bits per heavy atom. The van der Waals surface area contributed by atoms with Crippen LogP contribution >= 0.6 is 27.5 Å². The van der Waals surface area contributed by atoms with Crippen molar-refractivity contribution in [2.24, 2.45) is 0 Å². The number of halogens is 2. The monoisotopic (exact) mass is 435 g/mol. The minimum Gasteiger partial charge on any atom is -0.490 e. The first-order chi connectivity index (χ1) is 12.5. The number of aliphatic carboxylic acids is 1. The number of benzene rings is 2. The van der Waals surface area contributed by atoms with Crippen LogP contribution in [0.3, 0.4) is 0 Å². The van der Waals surface area contributed by atoms with Crippen LogP contribution in [-0.4, -0.2) is 24.3 Å². The first-order valence-electron chi connectivity index (χ1n) is 7.63. The molecule has 0 saturated carbocycles. The lowest BCUT2D eigenvalue weighted by molar-refractivity contribution is -0.139. The van der Waals surface area contributed by atoms with Crippen molar-refractivity contribution in [2.45, 2.75) is 6.92 Å². The molecule has 0 aromatic heterocycles. The van der Waals surface area contributed by atoms with Crippen LogP contribution in [0, 0.1) is 11.3 Å². The van der Waals surface area contributed by atoms with Gasteiger partial charge in [0, 0.05) is 10.6 Å². The van der Waals surface area contributed by atoms with Crippen LogP contribution in [0.1, 0.15) is 18.1 Å². The van der Waals surface area contributed by atoms with Crippen LogP contribution in [-0.2, 0) is 4.79 Å². The molecule has 0 bridgehead atoms. The third-order valence-corrected chi connectivity index (χ3v) is 4.19. The van der Waals surface area contributed by atoms with Crippen molar-refractivity contribution < 1.29 is 19.4 Å². The molecule has 0 radical (unpaired) electrons. The van der Waals surface area contributed by atoms with Gasteiger partial charge in [0.1, 0.15) is 0 Å². The Kier molecular flexibility index (Phi) is 7.07. The second-order valence-electron chi connectivity index (χ2n) is 5.10. The van der Waals surface area contributed by atoms with Gasteiger partial charge >= 0.3 is 5.97 Å². The number of carbonyl (C=O) groups is 1. The maximum atomic E-state index is 10.8. The van der Waals surface area contributed by atoms with Crippen LogP contribution in [0.25, 0.3) is 11.6 Å². The first-order valence-corrected chi connectivity index (χ1v) is 8.81. The fraction of sp³-hybridized carbons (Fsp3) is 0.158. The molecule has 0 aliphatic rings. The summed E-state index contributed by atoms with van der Waals surface area (Å²) in [4.78, 5) is 10.8.